The third-order valence-corrected chi connectivity index (χ3v) is 11.2. The van der Waals surface area contributed by atoms with E-state index in [0.717, 1.165) is 13.8 Å². The molecule has 0 saturated heterocycles. The number of carbonyl (C=O) groups excluding carboxylic acids is 6. The summed E-state index contributed by atoms with van der Waals surface area (Å²) in [5.41, 5.74) is 2.01. The van der Waals surface area contributed by atoms with E-state index in [9.17, 15) is 28.8 Å². The van der Waals surface area contributed by atoms with Gasteiger partial charge in [0.25, 0.3) is 23.6 Å². The second-order valence-electron chi connectivity index (χ2n) is 13.3. The van der Waals surface area contributed by atoms with Crippen molar-refractivity contribution in [1.82, 2.24) is 0 Å². The molecular weight excluding hydrogens is 925 g/mol. The standard InChI is InChI=1S/C42H32Cl6N8O6/c1-19-17-32(52-42(62)38(22(4)58)56-54-30-16-6-10-24(34(30)46)40(60)50-28-14-8-12-26(44)36(28)48)20(2)18-31(19)51-41(61)37(21(3)57)55-53-29-15-5-9-23(33(29)45)39(59)49-27-13-7-11-25(43)35(27)47/h5-18,37-38H,1-4H3,(H,49,59)(H,50,60)(H,51,61)(H,52,62). The molecule has 0 aliphatic heterocycles. The number of hydrogen-bond acceptors (Lipinski definition) is 10. The molecule has 4 N–H and O–H groups in total. The number of hydrogen-bond donors (Lipinski definition) is 4. The van der Waals surface area contributed by atoms with Crippen molar-refractivity contribution in [1.29, 1.82) is 0 Å². The first-order valence-corrected chi connectivity index (χ1v) is 20.3. The van der Waals surface area contributed by atoms with Crippen LogP contribution in [0.4, 0.5) is 34.1 Å². The lowest BCUT2D eigenvalue weighted by Crippen LogP contribution is -2.32. The van der Waals surface area contributed by atoms with Crippen LogP contribution in [0.1, 0.15) is 45.7 Å². The van der Waals surface area contributed by atoms with Crippen LogP contribution in [0.3, 0.4) is 0 Å². The van der Waals surface area contributed by atoms with Crippen LogP contribution in [-0.4, -0.2) is 47.3 Å². The van der Waals surface area contributed by atoms with Crippen molar-refractivity contribution in [3.8, 4) is 0 Å². The van der Waals surface area contributed by atoms with Gasteiger partial charge in [0.2, 0.25) is 12.1 Å². The molecule has 0 aliphatic rings. The van der Waals surface area contributed by atoms with Crippen molar-refractivity contribution < 1.29 is 28.8 Å². The number of rotatable bonds is 14. The lowest BCUT2D eigenvalue weighted by atomic mass is 10.1. The van der Waals surface area contributed by atoms with Crippen LogP contribution >= 0.6 is 69.6 Å². The molecule has 0 fully saturated rings. The summed E-state index contributed by atoms with van der Waals surface area (Å²) < 4.78 is 0. The average Bonchev–Trinajstić information content (AvgIpc) is 3.21. The summed E-state index contributed by atoms with van der Waals surface area (Å²) in [7, 11) is 0. The van der Waals surface area contributed by atoms with Gasteiger partial charge in [-0.2, -0.15) is 20.5 Å². The van der Waals surface area contributed by atoms with Gasteiger partial charge < -0.3 is 21.3 Å². The number of nitrogens with zero attached hydrogens (tertiary/aromatic N) is 4. The van der Waals surface area contributed by atoms with Gasteiger partial charge in [0, 0.05) is 11.4 Å². The first kappa shape index (κ1) is 47.3. The number of aryl methyl sites for hydroxylation is 2. The second-order valence-corrected chi connectivity index (χ2v) is 15.6. The van der Waals surface area contributed by atoms with Crippen LogP contribution in [0.15, 0.2) is 105 Å². The fourth-order valence-electron chi connectivity index (χ4n) is 5.49. The molecule has 318 valence electrons. The summed E-state index contributed by atoms with van der Waals surface area (Å²) in [5, 5.41) is 27.0. The maximum atomic E-state index is 13.4. The Kier molecular flexibility index (Phi) is 15.9. The maximum Gasteiger partial charge on any atom is 0.258 e. The van der Waals surface area contributed by atoms with E-state index in [0.29, 0.717) is 11.1 Å². The first-order chi connectivity index (χ1) is 29.4. The summed E-state index contributed by atoms with van der Waals surface area (Å²) in [6.45, 7) is 5.58. The Labute approximate surface area is 384 Å². The van der Waals surface area contributed by atoms with Gasteiger partial charge in [-0.15, -0.1) is 0 Å². The van der Waals surface area contributed by atoms with Crippen LogP contribution in [0.25, 0.3) is 0 Å². The number of ketones is 2. The molecule has 62 heavy (non-hydrogen) atoms. The van der Waals surface area contributed by atoms with E-state index in [1.165, 1.54) is 36.4 Å². The van der Waals surface area contributed by atoms with Gasteiger partial charge in [-0.1, -0.05) is 93.9 Å². The minimum absolute atomic E-state index is 0.00535. The molecule has 0 radical (unpaired) electrons. The molecule has 0 aromatic heterocycles. The van der Waals surface area contributed by atoms with Crippen LogP contribution in [0.2, 0.25) is 30.1 Å². The number of anilines is 4. The minimum Gasteiger partial charge on any atom is -0.324 e. The molecule has 14 nitrogen and oxygen atoms in total. The Balaban J connectivity index is 1.27. The van der Waals surface area contributed by atoms with E-state index in [1.54, 1.807) is 62.4 Å². The van der Waals surface area contributed by atoms with Gasteiger partial charge in [-0.3, -0.25) is 28.8 Å². The molecule has 5 rings (SSSR count). The van der Waals surface area contributed by atoms with Crippen molar-refractivity contribution in [3.63, 3.8) is 0 Å². The highest BCUT2D eigenvalue weighted by molar-refractivity contribution is 6.45. The first-order valence-electron chi connectivity index (χ1n) is 18.0. The molecule has 4 amide bonds. The smallest absolute Gasteiger partial charge is 0.258 e. The Morgan fingerprint density at radius 2 is 0.823 bits per heavy atom. The summed E-state index contributed by atoms with van der Waals surface area (Å²) in [4.78, 5) is 78.1. The van der Waals surface area contributed by atoms with Crippen LogP contribution in [-0.2, 0) is 19.2 Å². The van der Waals surface area contributed by atoms with Crippen LogP contribution in [0.5, 0.6) is 0 Å². The predicted octanol–water partition coefficient (Wildman–Crippen LogP) is 12.1. The summed E-state index contributed by atoms with van der Waals surface area (Å²) in [6, 6.07) is 18.0. The van der Waals surface area contributed by atoms with E-state index in [-0.39, 0.29) is 75.4 Å². The van der Waals surface area contributed by atoms with E-state index in [4.69, 9.17) is 69.6 Å². The molecule has 0 bridgehead atoms. The molecule has 2 atom stereocenters. The van der Waals surface area contributed by atoms with Gasteiger partial charge in [-0.05, 0) is 99.5 Å². The molecule has 20 heteroatoms. The Bertz CT molecular complexity index is 2530. The normalized spacial score (nSPS) is 12.2. The number of amides is 4. The summed E-state index contributed by atoms with van der Waals surface area (Å²) in [6.07, 6.45) is 0. The third-order valence-electron chi connectivity index (χ3n) is 8.76. The lowest BCUT2D eigenvalue weighted by Gasteiger charge is -2.16. The van der Waals surface area contributed by atoms with E-state index < -0.39 is 47.3 Å². The highest BCUT2D eigenvalue weighted by Crippen LogP contribution is 2.35. The average molecular weight is 957 g/mol. The van der Waals surface area contributed by atoms with Crippen LogP contribution < -0.4 is 21.3 Å². The molecule has 5 aromatic carbocycles. The number of nitrogens with one attached hydrogen (secondary N) is 4. The van der Waals surface area contributed by atoms with Gasteiger partial charge in [0.05, 0.1) is 52.6 Å². The predicted molar refractivity (Wildman–Crippen MR) is 243 cm³/mol. The van der Waals surface area contributed by atoms with Crippen molar-refractivity contribution in [3.05, 3.63) is 137 Å². The quantitative estimate of drug-likeness (QED) is 0.0630. The topological polar surface area (TPSA) is 200 Å². The fourth-order valence-corrected chi connectivity index (χ4v) is 6.68. The van der Waals surface area contributed by atoms with E-state index in [2.05, 4.69) is 41.7 Å². The molecular formula is C42H32Cl6N8O6. The maximum absolute atomic E-state index is 13.4. The van der Waals surface area contributed by atoms with Crippen molar-refractivity contribution in [2.24, 2.45) is 20.5 Å². The third kappa shape index (κ3) is 11.4. The molecule has 0 saturated carbocycles. The number of carbonyl (C=O) groups is 6. The van der Waals surface area contributed by atoms with Crippen molar-refractivity contribution in [2.45, 2.75) is 39.8 Å². The van der Waals surface area contributed by atoms with E-state index >= 15 is 0 Å². The van der Waals surface area contributed by atoms with Gasteiger partial charge in [0.15, 0.2) is 11.6 Å². The fraction of sp³-hybridized carbons (Fsp3) is 0.143. The summed E-state index contributed by atoms with van der Waals surface area (Å²) in [5.74, 6) is -4.19. The second kappa shape index (κ2) is 20.9. The molecule has 0 spiro atoms. The SMILES string of the molecule is CC(=O)C(N=Nc1cccc(C(=O)Nc2cccc(Cl)c2Cl)c1Cl)C(=O)Nc1cc(C)c(NC(=O)C(N=Nc2cccc(C(=O)Nc3cccc(Cl)c3Cl)c2Cl)C(C)=O)cc1C. The molecule has 0 aliphatic carbocycles. The van der Waals surface area contributed by atoms with Crippen molar-refractivity contribution >= 4 is 139 Å². The zero-order valence-electron chi connectivity index (χ0n) is 32.7. The molecule has 5 aromatic rings. The minimum atomic E-state index is -1.61. The number of azo groups is 2. The Hall–Kier alpha value is -5.74. The molecule has 2 unspecified atom stereocenters. The van der Waals surface area contributed by atoms with Gasteiger partial charge in [0.1, 0.15) is 11.4 Å². The molecule has 0 heterocycles. The lowest BCUT2D eigenvalue weighted by molar-refractivity contribution is -0.127. The van der Waals surface area contributed by atoms with Crippen LogP contribution in [0, 0.1) is 13.8 Å². The number of Topliss-reactive ketones (excluding diaryl/α,β-unsaturated/α-hetero) is 2. The summed E-state index contributed by atoms with van der Waals surface area (Å²) >= 11 is 37.5. The van der Waals surface area contributed by atoms with Gasteiger partial charge in [-0.25, -0.2) is 0 Å². The van der Waals surface area contributed by atoms with E-state index in [1.807, 2.05) is 0 Å². The van der Waals surface area contributed by atoms with Crippen molar-refractivity contribution in [2.75, 3.05) is 21.3 Å². The Morgan fingerprint density at radius 3 is 1.18 bits per heavy atom. The monoisotopic (exact) mass is 954 g/mol. The largest absolute Gasteiger partial charge is 0.324 e. The highest BCUT2D eigenvalue weighted by atomic mass is 35.5. The zero-order valence-corrected chi connectivity index (χ0v) is 37.3. The number of benzene rings is 5. The highest BCUT2D eigenvalue weighted by Gasteiger charge is 2.27. The number of halogens is 6. The van der Waals surface area contributed by atoms with Gasteiger partial charge >= 0.3 is 0 Å². The Morgan fingerprint density at radius 1 is 0.468 bits per heavy atom. The zero-order chi connectivity index (χ0) is 45.4.